The smallest absolute Gasteiger partial charge is 0.322 e. The Bertz CT molecular complexity index is 958. The molecule has 3 aromatic carbocycles. The highest BCUT2D eigenvalue weighted by Crippen LogP contribution is 2.20. The van der Waals surface area contributed by atoms with Crippen molar-refractivity contribution >= 4 is 60.9 Å². The van der Waals surface area contributed by atoms with Crippen molar-refractivity contribution in [2.24, 2.45) is 0 Å². The molecular weight excluding hydrogens is 474 g/mol. The van der Waals surface area contributed by atoms with Gasteiger partial charge in [-0.05, 0) is 60.7 Å². The van der Waals surface area contributed by atoms with Crippen molar-refractivity contribution in [2.45, 2.75) is 0 Å². The fourth-order valence-corrected chi connectivity index (χ4v) is 2.87. The number of nitrogens with one attached hydrogen (secondary N) is 3. The third-order valence-corrected chi connectivity index (χ3v) is 4.68. The fourth-order valence-electron chi connectivity index (χ4n) is 2.34. The van der Waals surface area contributed by atoms with E-state index >= 15 is 0 Å². The van der Waals surface area contributed by atoms with Crippen LogP contribution in [0, 0.1) is 0 Å². The van der Waals surface area contributed by atoms with Gasteiger partial charge in [-0.3, -0.25) is 4.79 Å². The lowest BCUT2D eigenvalue weighted by Gasteiger charge is -2.12. The van der Waals surface area contributed by atoms with Gasteiger partial charge in [-0.1, -0.05) is 44.0 Å². The number of rotatable bonds is 4. The molecule has 0 atom stereocenters. The van der Waals surface area contributed by atoms with Crippen molar-refractivity contribution in [3.63, 3.8) is 0 Å². The van der Waals surface area contributed by atoms with Gasteiger partial charge >= 0.3 is 6.03 Å². The predicted octanol–water partition coefficient (Wildman–Crippen LogP) is 6.11. The first-order valence-electron chi connectivity index (χ1n) is 8.01. The molecule has 3 N–H and O–H groups in total. The molecule has 3 aromatic rings. The fraction of sp³-hybridized carbons (Fsp3) is 0. The topological polar surface area (TPSA) is 70.2 Å². The van der Waals surface area contributed by atoms with Crippen molar-refractivity contribution in [2.75, 3.05) is 16.0 Å². The molecule has 3 rings (SSSR count). The average molecular weight is 489 g/mol. The van der Waals surface area contributed by atoms with Gasteiger partial charge in [0.2, 0.25) is 0 Å². The molecule has 0 bridgehead atoms. The summed E-state index contributed by atoms with van der Waals surface area (Å²) >= 11 is 6.70. The van der Waals surface area contributed by atoms with Crippen molar-refractivity contribution in [3.05, 3.63) is 87.3 Å². The van der Waals surface area contributed by atoms with Crippen LogP contribution in [-0.4, -0.2) is 11.9 Å². The van der Waals surface area contributed by atoms with Crippen LogP contribution in [0.4, 0.5) is 21.9 Å². The van der Waals surface area contributed by atoms with Crippen LogP contribution in [0.5, 0.6) is 0 Å². The minimum Gasteiger partial charge on any atom is -0.322 e. The maximum Gasteiger partial charge on any atom is 0.323 e. The van der Waals surface area contributed by atoms with Crippen molar-refractivity contribution in [3.8, 4) is 0 Å². The Morgan fingerprint density at radius 1 is 0.630 bits per heavy atom. The predicted molar refractivity (Wildman–Crippen MR) is 115 cm³/mol. The van der Waals surface area contributed by atoms with E-state index in [1.54, 1.807) is 48.5 Å². The Labute approximate surface area is 173 Å². The second kappa shape index (κ2) is 8.83. The van der Waals surface area contributed by atoms with Crippen molar-refractivity contribution in [1.82, 2.24) is 0 Å². The van der Waals surface area contributed by atoms with Crippen LogP contribution in [0.1, 0.15) is 10.4 Å². The maximum absolute atomic E-state index is 12.6. The van der Waals surface area contributed by atoms with Crippen LogP contribution in [0.3, 0.4) is 0 Å². The van der Waals surface area contributed by atoms with Gasteiger partial charge in [0.15, 0.2) is 0 Å². The molecule has 136 valence electrons. The highest BCUT2D eigenvalue weighted by Gasteiger charge is 2.13. The molecule has 0 fully saturated rings. The largest absolute Gasteiger partial charge is 0.323 e. The molecule has 0 aliphatic heterocycles. The Morgan fingerprint density at radius 3 is 1.74 bits per heavy atom. The molecule has 7 heteroatoms. The number of carbonyl (C=O) groups is 2. The van der Waals surface area contributed by atoms with E-state index < -0.39 is 6.03 Å². The lowest BCUT2D eigenvalue weighted by Crippen LogP contribution is -2.22. The zero-order valence-electron chi connectivity index (χ0n) is 14.0. The van der Waals surface area contributed by atoms with Crippen LogP contribution < -0.4 is 16.0 Å². The van der Waals surface area contributed by atoms with Gasteiger partial charge in [-0.15, -0.1) is 0 Å². The van der Waals surface area contributed by atoms with Crippen LogP contribution >= 0.6 is 31.9 Å². The molecule has 0 saturated heterocycles. The first kappa shape index (κ1) is 19.1. The second-order valence-electron chi connectivity index (χ2n) is 5.59. The van der Waals surface area contributed by atoms with Crippen LogP contribution in [-0.2, 0) is 0 Å². The molecule has 0 spiro atoms. The zero-order chi connectivity index (χ0) is 19.2. The zero-order valence-corrected chi connectivity index (χ0v) is 17.2. The summed E-state index contributed by atoms with van der Waals surface area (Å²) < 4.78 is 1.84. The number of hydrogen-bond donors (Lipinski definition) is 3. The second-order valence-corrected chi connectivity index (χ2v) is 7.42. The van der Waals surface area contributed by atoms with E-state index in [0.29, 0.717) is 22.6 Å². The summed E-state index contributed by atoms with van der Waals surface area (Å²) in [5.41, 5.74) is 2.10. The third-order valence-electron chi connectivity index (χ3n) is 3.62. The number of anilines is 3. The Balaban J connectivity index is 1.71. The van der Waals surface area contributed by atoms with Crippen molar-refractivity contribution < 1.29 is 9.59 Å². The summed E-state index contributed by atoms with van der Waals surface area (Å²) in [6.45, 7) is 0. The number of hydrogen-bond acceptors (Lipinski definition) is 2. The standard InChI is InChI=1S/C20H15Br2N3O2/c21-13-5-9-15(10-6-13)23-19(26)17-3-1-2-4-18(17)25-20(27)24-16-11-7-14(22)8-12-16/h1-12H,(H,23,26)(H2,24,25,27). The van der Waals surface area contributed by atoms with Crippen molar-refractivity contribution in [1.29, 1.82) is 0 Å². The molecule has 0 radical (unpaired) electrons. The molecule has 0 heterocycles. The minimum atomic E-state index is -0.429. The first-order valence-corrected chi connectivity index (χ1v) is 9.59. The Morgan fingerprint density at radius 2 is 1.15 bits per heavy atom. The normalized spacial score (nSPS) is 10.1. The number of carbonyl (C=O) groups excluding carboxylic acids is 2. The van der Waals surface area contributed by atoms with Gasteiger partial charge in [0.1, 0.15) is 0 Å². The Kier molecular flexibility index (Phi) is 6.26. The molecule has 0 aliphatic rings. The highest BCUT2D eigenvalue weighted by atomic mass is 79.9. The quantitative estimate of drug-likeness (QED) is 0.414. The molecule has 3 amide bonds. The first-order chi connectivity index (χ1) is 13.0. The van der Waals surface area contributed by atoms with E-state index in [9.17, 15) is 9.59 Å². The molecule has 0 aromatic heterocycles. The number of halogens is 2. The van der Waals surface area contributed by atoms with Gasteiger partial charge in [0.05, 0.1) is 11.3 Å². The summed E-state index contributed by atoms with van der Waals surface area (Å²) in [6.07, 6.45) is 0. The summed E-state index contributed by atoms with van der Waals surface area (Å²) in [7, 11) is 0. The summed E-state index contributed by atoms with van der Waals surface area (Å²) in [6, 6.07) is 20.9. The Hall–Kier alpha value is -2.64. The molecule has 0 unspecified atom stereocenters. The maximum atomic E-state index is 12.6. The highest BCUT2D eigenvalue weighted by molar-refractivity contribution is 9.10. The molecule has 27 heavy (non-hydrogen) atoms. The van der Waals surface area contributed by atoms with Gasteiger partial charge in [0.25, 0.3) is 5.91 Å². The van der Waals surface area contributed by atoms with Gasteiger partial charge in [-0.25, -0.2) is 4.79 Å². The summed E-state index contributed by atoms with van der Waals surface area (Å²) in [4.78, 5) is 24.9. The minimum absolute atomic E-state index is 0.308. The van der Waals surface area contributed by atoms with Crippen LogP contribution in [0.15, 0.2) is 81.7 Å². The van der Waals surface area contributed by atoms with E-state index in [1.165, 1.54) is 0 Å². The van der Waals surface area contributed by atoms with Crippen LogP contribution in [0.2, 0.25) is 0 Å². The van der Waals surface area contributed by atoms with E-state index in [4.69, 9.17) is 0 Å². The molecular formula is C20H15Br2N3O2. The summed E-state index contributed by atoms with van der Waals surface area (Å²) in [5.74, 6) is -0.308. The third kappa shape index (κ3) is 5.42. The van der Waals surface area contributed by atoms with E-state index in [0.717, 1.165) is 8.95 Å². The molecule has 5 nitrogen and oxygen atoms in total. The number of amides is 3. The molecule has 0 aliphatic carbocycles. The number of para-hydroxylation sites is 1. The summed E-state index contributed by atoms with van der Waals surface area (Å²) in [5, 5.41) is 8.27. The monoisotopic (exact) mass is 487 g/mol. The number of benzene rings is 3. The SMILES string of the molecule is O=C(Nc1ccc(Br)cc1)Nc1ccccc1C(=O)Nc1ccc(Br)cc1. The van der Waals surface area contributed by atoms with Crippen LogP contribution in [0.25, 0.3) is 0 Å². The van der Waals surface area contributed by atoms with Gasteiger partial charge in [-0.2, -0.15) is 0 Å². The average Bonchev–Trinajstić information content (AvgIpc) is 2.66. The lowest BCUT2D eigenvalue weighted by molar-refractivity contribution is 0.102. The van der Waals surface area contributed by atoms with E-state index in [-0.39, 0.29) is 5.91 Å². The van der Waals surface area contributed by atoms with Gasteiger partial charge < -0.3 is 16.0 Å². The van der Waals surface area contributed by atoms with Gasteiger partial charge in [0, 0.05) is 20.3 Å². The molecule has 0 saturated carbocycles. The number of urea groups is 1. The van der Waals surface area contributed by atoms with E-state index in [1.807, 2.05) is 24.3 Å². The van der Waals surface area contributed by atoms with E-state index in [2.05, 4.69) is 47.8 Å². The lowest BCUT2D eigenvalue weighted by atomic mass is 10.1.